The first-order chi connectivity index (χ1) is 4.16. The molecule has 0 spiro atoms. The molecule has 0 heterocycles. The second-order valence-electron chi connectivity index (χ2n) is 2.27. The van der Waals surface area contributed by atoms with Crippen molar-refractivity contribution in [3.63, 3.8) is 0 Å². The van der Waals surface area contributed by atoms with Crippen molar-refractivity contribution in [2.75, 3.05) is 0 Å². The fourth-order valence-electron chi connectivity index (χ4n) is 0.782. The van der Waals surface area contributed by atoms with Crippen LogP contribution in [0.2, 0.25) is 0 Å². The third-order valence-electron chi connectivity index (χ3n) is 1.17. The minimum atomic E-state index is -0.809. The second-order valence-corrected chi connectivity index (χ2v) is 2.27. The Morgan fingerprint density at radius 1 is 1.78 bits per heavy atom. The smallest absolute Gasteiger partial charge is 0.307 e. The van der Waals surface area contributed by atoms with E-state index in [-0.39, 0.29) is 5.92 Å². The number of carboxylic acids is 1. The molecule has 0 aliphatic heterocycles. The minimum absolute atomic E-state index is 0.215. The largest absolute Gasteiger partial charge is 0.481 e. The summed E-state index contributed by atoms with van der Waals surface area (Å²) >= 11 is 0. The second kappa shape index (κ2) is 4.36. The minimum Gasteiger partial charge on any atom is -0.481 e. The average Bonchev–Trinajstić information content (AvgIpc) is 1.63. The first-order valence-corrected chi connectivity index (χ1v) is 3.24. The molecule has 1 atom stereocenters. The Bertz CT molecular complexity index is 88.9. The molecule has 0 fully saturated rings. The maximum absolute atomic E-state index is 10.0. The maximum Gasteiger partial charge on any atom is 0.307 e. The van der Waals surface area contributed by atoms with Gasteiger partial charge in [0.2, 0.25) is 0 Å². The Morgan fingerprint density at radius 2 is 2.33 bits per heavy atom. The van der Waals surface area contributed by atoms with Crippen LogP contribution in [0.5, 0.6) is 0 Å². The zero-order chi connectivity index (χ0) is 7.28. The highest BCUT2D eigenvalue weighted by atomic mass is 16.4. The van der Waals surface area contributed by atoms with Crippen LogP contribution < -0.4 is 0 Å². The number of rotatable bonds is 4. The van der Waals surface area contributed by atoms with Crippen LogP contribution in [0, 0.1) is 12.3 Å². The van der Waals surface area contributed by atoms with Gasteiger partial charge in [-0.05, 0) is 5.92 Å². The highest BCUT2D eigenvalue weighted by Gasteiger charge is 2.05. The van der Waals surface area contributed by atoms with Crippen LogP contribution >= 0.6 is 0 Å². The van der Waals surface area contributed by atoms with Crippen molar-refractivity contribution in [1.82, 2.24) is 0 Å². The molecule has 0 bridgehead atoms. The molecule has 0 amide bonds. The van der Waals surface area contributed by atoms with Gasteiger partial charge in [-0.25, -0.2) is 0 Å². The van der Waals surface area contributed by atoms with Gasteiger partial charge in [0, 0.05) is 0 Å². The Morgan fingerprint density at radius 3 is 2.67 bits per heavy atom. The van der Waals surface area contributed by atoms with Crippen molar-refractivity contribution in [3.05, 3.63) is 6.42 Å². The molecule has 0 aromatic carbocycles. The Kier molecular flexibility index (Phi) is 4.10. The zero-order valence-corrected chi connectivity index (χ0v) is 5.92. The third kappa shape index (κ3) is 5.34. The van der Waals surface area contributed by atoms with Crippen LogP contribution in [0.15, 0.2) is 0 Å². The van der Waals surface area contributed by atoms with E-state index in [0.717, 1.165) is 12.8 Å². The van der Waals surface area contributed by atoms with Crippen molar-refractivity contribution >= 4 is 5.97 Å². The van der Waals surface area contributed by atoms with E-state index in [1.165, 1.54) is 6.42 Å². The lowest BCUT2D eigenvalue weighted by molar-refractivity contribution is -0.133. The molecule has 0 aromatic heterocycles. The summed E-state index contributed by atoms with van der Waals surface area (Å²) in [5.41, 5.74) is 0. The van der Waals surface area contributed by atoms with Gasteiger partial charge in [0.1, 0.15) is 0 Å². The lowest BCUT2D eigenvalue weighted by Gasteiger charge is -2.03. The van der Waals surface area contributed by atoms with E-state index in [9.17, 15) is 4.79 Å². The van der Waals surface area contributed by atoms with Crippen molar-refractivity contribution in [1.29, 1.82) is 0 Å². The molecule has 0 saturated carbocycles. The fourth-order valence-corrected chi connectivity index (χ4v) is 0.782. The summed E-state index contributed by atoms with van der Waals surface area (Å²) in [6.45, 7) is 3.96. The Hall–Kier alpha value is -0.530. The molecule has 0 aromatic rings. The highest BCUT2D eigenvalue weighted by Crippen LogP contribution is 2.07. The summed E-state index contributed by atoms with van der Waals surface area (Å²) in [6.07, 6.45) is 3.35. The molecule has 2 heteroatoms. The monoisotopic (exact) mass is 129 g/mol. The van der Waals surface area contributed by atoms with Gasteiger partial charge >= 0.3 is 5.97 Å². The van der Waals surface area contributed by atoms with E-state index in [2.05, 4.69) is 0 Å². The number of carbonyl (C=O) groups is 1. The van der Waals surface area contributed by atoms with Gasteiger partial charge < -0.3 is 5.11 Å². The molecule has 1 radical (unpaired) electrons. The van der Waals surface area contributed by atoms with Gasteiger partial charge in [-0.3, -0.25) is 4.79 Å². The molecule has 0 saturated heterocycles. The number of hydrogen-bond acceptors (Lipinski definition) is 1. The Labute approximate surface area is 55.9 Å². The summed E-state index contributed by atoms with van der Waals surface area (Å²) in [5, 5.41) is 8.25. The van der Waals surface area contributed by atoms with E-state index < -0.39 is 5.97 Å². The van der Waals surface area contributed by atoms with E-state index in [1.807, 2.05) is 13.8 Å². The van der Waals surface area contributed by atoms with Crippen LogP contribution in [0.4, 0.5) is 0 Å². The lowest BCUT2D eigenvalue weighted by Crippen LogP contribution is -2.04. The fraction of sp³-hybridized carbons (Fsp3) is 0.714. The van der Waals surface area contributed by atoms with E-state index in [1.54, 1.807) is 0 Å². The molecule has 0 aliphatic carbocycles. The molecule has 9 heavy (non-hydrogen) atoms. The van der Waals surface area contributed by atoms with Crippen molar-refractivity contribution in [2.45, 2.75) is 26.7 Å². The molecule has 1 N–H and O–H groups in total. The standard InChI is InChI=1S/C7H13O2/c1-3-4-6(2)5-7(8)9/h5-6H,3-4H2,1-2H3,(H,8,9). The third-order valence-corrected chi connectivity index (χ3v) is 1.17. The molecule has 2 nitrogen and oxygen atoms in total. The first kappa shape index (κ1) is 8.47. The van der Waals surface area contributed by atoms with Gasteiger partial charge in [-0.1, -0.05) is 26.7 Å². The summed E-state index contributed by atoms with van der Waals surface area (Å²) in [4.78, 5) is 10.0. The summed E-state index contributed by atoms with van der Waals surface area (Å²) < 4.78 is 0. The summed E-state index contributed by atoms with van der Waals surface area (Å²) in [5.74, 6) is -0.594. The van der Waals surface area contributed by atoms with E-state index in [4.69, 9.17) is 5.11 Å². The van der Waals surface area contributed by atoms with Crippen LogP contribution in [-0.2, 0) is 4.79 Å². The normalized spacial score (nSPS) is 13.1. The van der Waals surface area contributed by atoms with Gasteiger partial charge in [-0.15, -0.1) is 0 Å². The number of hydrogen-bond donors (Lipinski definition) is 1. The zero-order valence-electron chi connectivity index (χ0n) is 5.92. The SMILES string of the molecule is CCCC(C)[CH]C(=O)O. The first-order valence-electron chi connectivity index (χ1n) is 3.24. The quantitative estimate of drug-likeness (QED) is 0.627. The predicted molar refractivity (Wildman–Crippen MR) is 36.0 cm³/mol. The lowest BCUT2D eigenvalue weighted by atomic mass is 10.0. The predicted octanol–water partition coefficient (Wildman–Crippen LogP) is 1.71. The van der Waals surface area contributed by atoms with Crippen LogP contribution in [0.25, 0.3) is 0 Å². The average molecular weight is 129 g/mol. The number of carboxylic acid groups (broad SMARTS) is 1. The van der Waals surface area contributed by atoms with Crippen LogP contribution in [0.1, 0.15) is 26.7 Å². The topological polar surface area (TPSA) is 37.3 Å². The van der Waals surface area contributed by atoms with E-state index >= 15 is 0 Å². The van der Waals surface area contributed by atoms with Gasteiger partial charge in [-0.2, -0.15) is 0 Å². The van der Waals surface area contributed by atoms with Crippen molar-refractivity contribution in [3.8, 4) is 0 Å². The molecule has 0 aliphatic rings. The van der Waals surface area contributed by atoms with E-state index in [0.29, 0.717) is 0 Å². The maximum atomic E-state index is 10.0. The van der Waals surface area contributed by atoms with Crippen LogP contribution in [0.3, 0.4) is 0 Å². The highest BCUT2D eigenvalue weighted by molar-refractivity contribution is 5.76. The summed E-state index contributed by atoms with van der Waals surface area (Å²) in [6, 6.07) is 0. The van der Waals surface area contributed by atoms with Gasteiger partial charge in [0.25, 0.3) is 0 Å². The van der Waals surface area contributed by atoms with Crippen LogP contribution in [-0.4, -0.2) is 11.1 Å². The summed E-state index contributed by atoms with van der Waals surface area (Å²) in [7, 11) is 0. The molecular formula is C7H13O2. The molecule has 53 valence electrons. The van der Waals surface area contributed by atoms with Gasteiger partial charge in [0.05, 0.1) is 6.42 Å². The van der Waals surface area contributed by atoms with Crippen molar-refractivity contribution < 1.29 is 9.90 Å². The van der Waals surface area contributed by atoms with Gasteiger partial charge in [0.15, 0.2) is 0 Å². The Balaban J connectivity index is 3.26. The molecular weight excluding hydrogens is 116 g/mol. The van der Waals surface area contributed by atoms with Crippen molar-refractivity contribution in [2.24, 2.45) is 5.92 Å². The molecule has 1 unspecified atom stereocenters. The molecule has 0 rings (SSSR count). The number of aliphatic carboxylic acids is 1.